The number of amides is 1. The molecule has 0 aliphatic carbocycles. The summed E-state index contributed by atoms with van der Waals surface area (Å²) in [4.78, 5) is 16.1. The molecule has 0 saturated heterocycles. The Morgan fingerprint density at radius 3 is 2.10 bits per heavy atom. The summed E-state index contributed by atoms with van der Waals surface area (Å²) in [6.45, 7) is 17.4. The third kappa shape index (κ3) is 9.79. The van der Waals surface area contributed by atoms with E-state index in [9.17, 15) is 4.79 Å². The second-order valence-corrected chi connectivity index (χ2v) is 6.97. The fourth-order valence-electron chi connectivity index (χ4n) is 2.74. The zero-order valence-corrected chi connectivity index (χ0v) is 20.6. The van der Waals surface area contributed by atoms with E-state index in [0.29, 0.717) is 18.2 Å². The Balaban J connectivity index is 0.000000501. The van der Waals surface area contributed by atoms with Crippen LogP contribution in [0.2, 0.25) is 0 Å². The summed E-state index contributed by atoms with van der Waals surface area (Å²) in [6, 6.07) is 16.3. The lowest BCUT2D eigenvalue weighted by Gasteiger charge is -2.12. The molecule has 2 unspecified atom stereocenters. The Kier molecular flexibility index (Phi) is 14.7. The Labute approximate surface area is 189 Å². The summed E-state index contributed by atoms with van der Waals surface area (Å²) in [5.41, 5.74) is 9.63. The van der Waals surface area contributed by atoms with Gasteiger partial charge < -0.3 is 16.4 Å². The van der Waals surface area contributed by atoms with Crippen molar-refractivity contribution in [2.24, 2.45) is 10.7 Å². The minimum atomic E-state index is -0.0546. The molecule has 1 aliphatic heterocycles. The van der Waals surface area contributed by atoms with Crippen molar-refractivity contribution in [3.05, 3.63) is 70.8 Å². The van der Waals surface area contributed by atoms with Crippen molar-refractivity contribution in [3.63, 3.8) is 0 Å². The number of nitrogens with zero attached hydrogens (tertiary/aromatic N) is 1. The molecule has 0 spiro atoms. The molecule has 0 aromatic heterocycles. The maximum atomic E-state index is 11.7. The van der Waals surface area contributed by atoms with Gasteiger partial charge in [-0.15, -0.1) is 0 Å². The molecule has 0 saturated carbocycles. The van der Waals surface area contributed by atoms with Crippen molar-refractivity contribution in [2.75, 3.05) is 13.1 Å². The van der Waals surface area contributed by atoms with Crippen molar-refractivity contribution in [1.82, 2.24) is 10.6 Å². The lowest BCUT2D eigenvalue weighted by Crippen LogP contribution is -2.38. The number of amidine groups is 1. The fourth-order valence-corrected chi connectivity index (χ4v) is 2.74. The molecule has 1 amide bonds. The lowest BCUT2D eigenvalue weighted by atomic mass is 10.1. The summed E-state index contributed by atoms with van der Waals surface area (Å²) in [5.74, 6) is 0.992. The summed E-state index contributed by atoms with van der Waals surface area (Å²) in [5, 5.41) is 6.18. The second kappa shape index (κ2) is 16.1. The van der Waals surface area contributed by atoms with Crippen molar-refractivity contribution in [3.8, 4) is 0 Å². The lowest BCUT2D eigenvalue weighted by molar-refractivity contribution is 0.0940. The van der Waals surface area contributed by atoms with Crippen LogP contribution in [0.25, 0.3) is 0 Å². The Bertz CT molecular complexity index is 801. The van der Waals surface area contributed by atoms with Crippen LogP contribution >= 0.6 is 0 Å². The van der Waals surface area contributed by atoms with Gasteiger partial charge in [-0.3, -0.25) is 9.79 Å². The maximum absolute atomic E-state index is 11.7. The van der Waals surface area contributed by atoms with E-state index >= 15 is 0 Å². The van der Waals surface area contributed by atoms with Gasteiger partial charge in [0, 0.05) is 29.8 Å². The van der Waals surface area contributed by atoms with Crippen LogP contribution in [-0.4, -0.2) is 36.9 Å². The van der Waals surface area contributed by atoms with Crippen LogP contribution in [0.5, 0.6) is 0 Å². The quantitative estimate of drug-likeness (QED) is 0.653. The van der Waals surface area contributed by atoms with Gasteiger partial charge in [0.1, 0.15) is 5.84 Å². The van der Waals surface area contributed by atoms with Crippen LogP contribution in [0.15, 0.2) is 53.5 Å². The van der Waals surface area contributed by atoms with Crippen LogP contribution in [0.3, 0.4) is 0 Å². The average Bonchev–Trinajstić information content (AvgIpc) is 3.23. The van der Waals surface area contributed by atoms with Crippen LogP contribution < -0.4 is 16.4 Å². The third-order valence-electron chi connectivity index (χ3n) is 4.43. The average molecular weight is 427 g/mol. The van der Waals surface area contributed by atoms with Gasteiger partial charge in [0.2, 0.25) is 0 Å². The number of rotatable bonds is 4. The number of aryl methyl sites for hydroxylation is 2. The van der Waals surface area contributed by atoms with E-state index in [1.54, 1.807) is 0 Å². The zero-order valence-electron chi connectivity index (χ0n) is 20.6. The minimum Gasteiger partial charge on any atom is -0.366 e. The predicted octanol–water partition coefficient (Wildman–Crippen LogP) is 4.86. The zero-order chi connectivity index (χ0) is 23.8. The molecular weight excluding hydrogens is 384 g/mol. The van der Waals surface area contributed by atoms with E-state index in [4.69, 9.17) is 5.73 Å². The standard InChI is InChI=1S/C11H16N2O.C11H14N2.2C2H6/c1-8-5-3-4-6-10(8)11(14)13-9(2)7-12;1-8-5-3-4-6-10(8)11-12-7-9(2)13-11;2*1-2/h3-6,9H,7,12H2,1-2H3,(H,13,14);3-6,9H,7H2,1-2H3,(H,12,13);2*1-2H3. The topological polar surface area (TPSA) is 79.5 Å². The molecule has 1 heterocycles. The third-order valence-corrected chi connectivity index (χ3v) is 4.43. The first-order valence-electron chi connectivity index (χ1n) is 11.4. The molecule has 31 heavy (non-hydrogen) atoms. The molecular formula is C26H42N4O. The summed E-state index contributed by atoms with van der Waals surface area (Å²) < 4.78 is 0. The molecule has 5 nitrogen and oxygen atoms in total. The van der Waals surface area contributed by atoms with Gasteiger partial charge in [-0.2, -0.15) is 0 Å². The first-order valence-corrected chi connectivity index (χ1v) is 11.4. The Hall–Kier alpha value is -2.66. The van der Waals surface area contributed by atoms with E-state index < -0.39 is 0 Å². The number of carbonyl (C=O) groups is 1. The van der Waals surface area contributed by atoms with Gasteiger partial charge in [0.15, 0.2) is 0 Å². The summed E-state index contributed by atoms with van der Waals surface area (Å²) in [6.07, 6.45) is 0. The van der Waals surface area contributed by atoms with Gasteiger partial charge in [0.25, 0.3) is 5.91 Å². The Morgan fingerprint density at radius 2 is 1.61 bits per heavy atom. The maximum Gasteiger partial charge on any atom is 0.251 e. The van der Waals surface area contributed by atoms with Crippen molar-refractivity contribution >= 4 is 11.7 Å². The first kappa shape index (κ1) is 28.3. The highest BCUT2D eigenvalue weighted by Crippen LogP contribution is 2.10. The largest absolute Gasteiger partial charge is 0.366 e. The van der Waals surface area contributed by atoms with Gasteiger partial charge in [-0.25, -0.2) is 0 Å². The summed E-state index contributed by atoms with van der Waals surface area (Å²) >= 11 is 0. The SMILES string of the molecule is CC.CC.Cc1ccccc1C(=O)NC(C)CN.Cc1ccccc1C1=NCC(C)N1. The fraction of sp³-hybridized carbons (Fsp3) is 0.462. The highest BCUT2D eigenvalue weighted by molar-refractivity contribution is 6.01. The molecule has 1 aliphatic rings. The van der Waals surface area contributed by atoms with Crippen molar-refractivity contribution < 1.29 is 4.79 Å². The van der Waals surface area contributed by atoms with E-state index in [-0.39, 0.29) is 11.9 Å². The second-order valence-electron chi connectivity index (χ2n) is 6.97. The highest BCUT2D eigenvalue weighted by Gasteiger charge is 2.14. The number of hydrogen-bond acceptors (Lipinski definition) is 4. The smallest absolute Gasteiger partial charge is 0.251 e. The van der Waals surface area contributed by atoms with E-state index in [2.05, 4.69) is 53.7 Å². The van der Waals surface area contributed by atoms with Crippen LogP contribution in [0.1, 0.15) is 68.6 Å². The minimum absolute atomic E-state index is 0.0158. The molecule has 2 aromatic rings. The Morgan fingerprint density at radius 1 is 1.06 bits per heavy atom. The highest BCUT2D eigenvalue weighted by atomic mass is 16.1. The van der Waals surface area contributed by atoms with Gasteiger partial charge in [-0.05, 0) is 44.9 Å². The number of nitrogens with one attached hydrogen (secondary N) is 2. The molecule has 2 atom stereocenters. The van der Waals surface area contributed by atoms with Gasteiger partial charge in [-0.1, -0.05) is 70.2 Å². The van der Waals surface area contributed by atoms with Crippen LogP contribution in [-0.2, 0) is 0 Å². The predicted molar refractivity (Wildman–Crippen MR) is 135 cm³/mol. The monoisotopic (exact) mass is 426 g/mol. The van der Waals surface area contributed by atoms with Crippen molar-refractivity contribution in [2.45, 2.75) is 67.5 Å². The van der Waals surface area contributed by atoms with Crippen LogP contribution in [0.4, 0.5) is 0 Å². The molecule has 172 valence electrons. The normalized spacial score (nSPS) is 14.7. The molecule has 3 rings (SSSR count). The summed E-state index contributed by atoms with van der Waals surface area (Å²) in [7, 11) is 0. The van der Waals surface area contributed by atoms with E-state index in [1.165, 1.54) is 11.1 Å². The molecule has 4 N–H and O–H groups in total. The van der Waals surface area contributed by atoms with Gasteiger partial charge in [0.05, 0.1) is 6.54 Å². The van der Waals surface area contributed by atoms with E-state index in [1.807, 2.05) is 65.8 Å². The van der Waals surface area contributed by atoms with Crippen LogP contribution in [0, 0.1) is 13.8 Å². The molecule has 0 radical (unpaired) electrons. The number of nitrogens with two attached hydrogens (primary N) is 1. The number of carbonyl (C=O) groups excluding carboxylic acids is 1. The molecule has 2 aromatic carbocycles. The molecule has 0 fully saturated rings. The number of benzene rings is 2. The van der Waals surface area contributed by atoms with E-state index in [0.717, 1.165) is 17.9 Å². The molecule has 5 heteroatoms. The first-order chi connectivity index (χ1) is 14.9. The number of aliphatic imine (C=N–C) groups is 1. The molecule has 0 bridgehead atoms. The number of hydrogen-bond donors (Lipinski definition) is 3. The van der Waals surface area contributed by atoms with Gasteiger partial charge >= 0.3 is 0 Å². The van der Waals surface area contributed by atoms with Crippen molar-refractivity contribution in [1.29, 1.82) is 0 Å².